The summed E-state index contributed by atoms with van der Waals surface area (Å²) in [6.07, 6.45) is 3.07. The first kappa shape index (κ1) is 14.2. The average Bonchev–Trinajstić information content (AvgIpc) is 2.36. The van der Waals surface area contributed by atoms with Gasteiger partial charge in [-0.15, -0.1) is 0 Å². The van der Waals surface area contributed by atoms with Crippen LogP contribution in [0.25, 0.3) is 0 Å². The third-order valence-electron chi connectivity index (χ3n) is 3.88. The van der Waals surface area contributed by atoms with Gasteiger partial charge in [0.1, 0.15) is 17.1 Å². The lowest BCUT2D eigenvalue weighted by molar-refractivity contribution is 0.0403. The molecule has 1 heterocycles. The lowest BCUT2D eigenvalue weighted by Crippen LogP contribution is -2.40. The van der Waals surface area contributed by atoms with Gasteiger partial charge in [0.05, 0.1) is 7.11 Å². The number of benzene rings is 1. The highest BCUT2D eigenvalue weighted by Crippen LogP contribution is 2.42. The van der Waals surface area contributed by atoms with Crippen LogP contribution in [0.2, 0.25) is 0 Å². The number of nitrogens with two attached hydrogens (primary N) is 1. The molecule has 0 saturated carbocycles. The Labute approximate surface area is 116 Å². The van der Waals surface area contributed by atoms with Gasteiger partial charge in [-0.3, -0.25) is 0 Å². The SMILES string of the molecule is COc1ccc2c(c1)C(N)CC(C)(CCC(C)C)O2. The van der Waals surface area contributed by atoms with Crippen molar-refractivity contribution in [2.75, 3.05) is 7.11 Å². The summed E-state index contributed by atoms with van der Waals surface area (Å²) in [5.74, 6) is 2.43. The minimum Gasteiger partial charge on any atom is -0.497 e. The Bertz CT molecular complexity index is 444. The molecule has 19 heavy (non-hydrogen) atoms. The van der Waals surface area contributed by atoms with Gasteiger partial charge in [0.15, 0.2) is 0 Å². The van der Waals surface area contributed by atoms with Crippen molar-refractivity contribution >= 4 is 0 Å². The van der Waals surface area contributed by atoms with Gasteiger partial charge in [0, 0.05) is 18.0 Å². The molecule has 2 rings (SSSR count). The molecular weight excluding hydrogens is 238 g/mol. The number of rotatable bonds is 4. The van der Waals surface area contributed by atoms with E-state index < -0.39 is 0 Å². The normalized spacial score (nSPS) is 25.9. The van der Waals surface area contributed by atoms with Gasteiger partial charge in [-0.05, 0) is 43.9 Å². The van der Waals surface area contributed by atoms with Crippen molar-refractivity contribution in [3.05, 3.63) is 23.8 Å². The molecule has 2 N–H and O–H groups in total. The Morgan fingerprint density at radius 1 is 1.47 bits per heavy atom. The summed E-state index contributed by atoms with van der Waals surface area (Å²) in [4.78, 5) is 0. The van der Waals surface area contributed by atoms with Crippen molar-refractivity contribution in [2.24, 2.45) is 11.7 Å². The monoisotopic (exact) mass is 263 g/mol. The highest BCUT2D eigenvalue weighted by molar-refractivity contribution is 5.44. The van der Waals surface area contributed by atoms with E-state index in [1.165, 1.54) is 0 Å². The molecule has 106 valence electrons. The third-order valence-corrected chi connectivity index (χ3v) is 3.88. The van der Waals surface area contributed by atoms with Gasteiger partial charge in [-0.25, -0.2) is 0 Å². The largest absolute Gasteiger partial charge is 0.497 e. The van der Waals surface area contributed by atoms with Crippen LogP contribution >= 0.6 is 0 Å². The summed E-state index contributed by atoms with van der Waals surface area (Å²) in [6, 6.07) is 5.92. The number of fused-ring (bicyclic) bond motifs is 1. The minimum absolute atomic E-state index is 0.0241. The molecule has 0 amide bonds. The van der Waals surface area contributed by atoms with E-state index in [2.05, 4.69) is 20.8 Å². The smallest absolute Gasteiger partial charge is 0.125 e. The van der Waals surface area contributed by atoms with Crippen LogP contribution in [0.4, 0.5) is 0 Å². The Hall–Kier alpha value is -1.22. The molecule has 0 radical (unpaired) electrons. The molecule has 1 aliphatic heterocycles. The molecule has 0 saturated heterocycles. The zero-order valence-electron chi connectivity index (χ0n) is 12.4. The van der Waals surface area contributed by atoms with Crippen LogP contribution in [0.3, 0.4) is 0 Å². The van der Waals surface area contributed by atoms with E-state index in [-0.39, 0.29) is 11.6 Å². The first-order valence-electron chi connectivity index (χ1n) is 7.06. The summed E-state index contributed by atoms with van der Waals surface area (Å²) in [7, 11) is 1.67. The zero-order chi connectivity index (χ0) is 14.0. The van der Waals surface area contributed by atoms with E-state index >= 15 is 0 Å². The third kappa shape index (κ3) is 3.21. The average molecular weight is 263 g/mol. The Kier molecular flexibility index (Phi) is 4.04. The zero-order valence-corrected chi connectivity index (χ0v) is 12.4. The van der Waals surface area contributed by atoms with Crippen LogP contribution in [0, 0.1) is 5.92 Å². The van der Waals surface area contributed by atoms with E-state index in [1.54, 1.807) is 7.11 Å². The molecule has 1 aromatic rings. The van der Waals surface area contributed by atoms with Gasteiger partial charge >= 0.3 is 0 Å². The van der Waals surface area contributed by atoms with Gasteiger partial charge in [-0.1, -0.05) is 13.8 Å². The van der Waals surface area contributed by atoms with Crippen molar-refractivity contribution in [3.8, 4) is 11.5 Å². The van der Waals surface area contributed by atoms with Crippen molar-refractivity contribution in [1.82, 2.24) is 0 Å². The van der Waals surface area contributed by atoms with Crippen LogP contribution in [0.5, 0.6) is 11.5 Å². The predicted octanol–water partition coefficient (Wildman–Crippen LogP) is 3.67. The van der Waals surface area contributed by atoms with Gasteiger partial charge in [0.25, 0.3) is 0 Å². The van der Waals surface area contributed by atoms with Crippen molar-refractivity contribution in [3.63, 3.8) is 0 Å². The van der Waals surface area contributed by atoms with Crippen LogP contribution in [-0.2, 0) is 0 Å². The van der Waals surface area contributed by atoms with Crippen molar-refractivity contribution in [2.45, 2.75) is 51.7 Å². The fraction of sp³-hybridized carbons (Fsp3) is 0.625. The summed E-state index contributed by atoms with van der Waals surface area (Å²) >= 11 is 0. The predicted molar refractivity (Wildman–Crippen MR) is 77.6 cm³/mol. The summed E-state index contributed by atoms with van der Waals surface area (Å²) in [6.45, 7) is 6.65. The second-order valence-corrected chi connectivity index (χ2v) is 6.20. The topological polar surface area (TPSA) is 44.5 Å². The molecule has 2 unspecified atom stereocenters. The second-order valence-electron chi connectivity index (χ2n) is 6.20. The number of hydrogen-bond donors (Lipinski definition) is 1. The molecule has 0 spiro atoms. The quantitative estimate of drug-likeness (QED) is 0.901. The van der Waals surface area contributed by atoms with Crippen LogP contribution in [0.1, 0.15) is 51.6 Å². The molecular formula is C16H25NO2. The van der Waals surface area contributed by atoms with Gasteiger partial charge in [0.2, 0.25) is 0 Å². The lowest BCUT2D eigenvalue weighted by atomic mass is 9.84. The fourth-order valence-electron chi connectivity index (χ4n) is 2.67. The maximum absolute atomic E-state index is 6.32. The van der Waals surface area contributed by atoms with Crippen LogP contribution < -0.4 is 15.2 Å². The van der Waals surface area contributed by atoms with E-state index in [0.717, 1.165) is 36.3 Å². The molecule has 3 heteroatoms. The number of ether oxygens (including phenoxy) is 2. The number of hydrogen-bond acceptors (Lipinski definition) is 3. The van der Waals surface area contributed by atoms with E-state index in [9.17, 15) is 0 Å². The first-order valence-corrected chi connectivity index (χ1v) is 7.06. The minimum atomic E-state index is -0.148. The summed E-state index contributed by atoms with van der Waals surface area (Å²) in [5.41, 5.74) is 7.23. The Balaban J connectivity index is 2.19. The molecule has 1 aliphatic rings. The molecule has 2 atom stereocenters. The van der Waals surface area contributed by atoms with Crippen LogP contribution in [0.15, 0.2) is 18.2 Å². The number of methoxy groups -OCH3 is 1. The van der Waals surface area contributed by atoms with E-state index in [0.29, 0.717) is 5.92 Å². The highest BCUT2D eigenvalue weighted by Gasteiger charge is 2.35. The highest BCUT2D eigenvalue weighted by atomic mass is 16.5. The Morgan fingerprint density at radius 2 is 2.21 bits per heavy atom. The fourth-order valence-corrected chi connectivity index (χ4v) is 2.67. The van der Waals surface area contributed by atoms with Crippen molar-refractivity contribution < 1.29 is 9.47 Å². The molecule has 0 bridgehead atoms. The van der Waals surface area contributed by atoms with Gasteiger partial charge < -0.3 is 15.2 Å². The molecule has 0 aromatic heterocycles. The van der Waals surface area contributed by atoms with Crippen molar-refractivity contribution in [1.29, 1.82) is 0 Å². The molecule has 3 nitrogen and oxygen atoms in total. The van der Waals surface area contributed by atoms with E-state index in [1.807, 2.05) is 18.2 Å². The van der Waals surface area contributed by atoms with Gasteiger partial charge in [-0.2, -0.15) is 0 Å². The maximum atomic E-state index is 6.32. The summed E-state index contributed by atoms with van der Waals surface area (Å²) < 4.78 is 11.5. The summed E-state index contributed by atoms with van der Waals surface area (Å²) in [5, 5.41) is 0. The lowest BCUT2D eigenvalue weighted by Gasteiger charge is -2.39. The molecule has 0 aliphatic carbocycles. The Morgan fingerprint density at radius 3 is 2.84 bits per heavy atom. The molecule has 1 aromatic carbocycles. The second kappa shape index (κ2) is 5.41. The maximum Gasteiger partial charge on any atom is 0.125 e. The molecule has 0 fully saturated rings. The standard InChI is InChI=1S/C16H25NO2/c1-11(2)7-8-16(3)10-14(17)13-9-12(18-4)5-6-15(13)19-16/h5-6,9,11,14H,7-8,10,17H2,1-4H3. The van der Waals surface area contributed by atoms with E-state index in [4.69, 9.17) is 15.2 Å². The first-order chi connectivity index (χ1) is 8.93. The van der Waals surface area contributed by atoms with Crippen LogP contribution in [-0.4, -0.2) is 12.7 Å².